The zero-order valence-electron chi connectivity index (χ0n) is 6.73. The summed E-state index contributed by atoms with van der Waals surface area (Å²) in [7, 11) is 0. The molecular weight excluding hydrogens is 164 g/mol. The number of rotatable bonds is 0. The smallest absolute Gasteiger partial charge is 0.117 e. The van der Waals surface area contributed by atoms with Crippen molar-refractivity contribution < 1.29 is 0 Å². The van der Waals surface area contributed by atoms with Crippen LogP contribution in [0.5, 0.6) is 0 Å². The van der Waals surface area contributed by atoms with Crippen LogP contribution in [0.25, 0.3) is 22.4 Å². The topological polar surface area (TPSA) is 54.5 Å². The van der Waals surface area contributed by atoms with Crippen molar-refractivity contribution in [3.05, 3.63) is 30.9 Å². The molecule has 0 bridgehead atoms. The van der Waals surface area contributed by atoms with Crippen LogP contribution in [0, 0.1) is 0 Å². The van der Waals surface area contributed by atoms with Crippen LogP contribution in [0.1, 0.15) is 0 Å². The molecule has 0 fully saturated rings. The Balaban J connectivity index is 2.58. The van der Waals surface area contributed by atoms with Crippen molar-refractivity contribution in [3.63, 3.8) is 0 Å². The minimum atomic E-state index is 0.873. The number of nitrogens with one attached hydrogen (secondary N) is 1. The Morgan fingerprint density at radius 3 is 3.08 bits per heavy atom. The summed E-state index contributed by atoms with van der Waals surface area (Å²) in [5, 5.41) is 0. The molecule has 1 aromatic heterocycles. The lowest BCUT2D eigenvalue weighted by molar-refractivity contribution is 1.32. The fraction of sp³-hybridized carbons (Fsp3) is 0. The molecule has 0 saturated carbocycles. The Hall–Kier alpha value is -1.97. The van der Waals surface area contributed by atoms with Crippen LogP contribution in [-0.4, -0.2) is 19.9 Å². The molecular formula is C9H6N4. The summed E-state index contributed by atoms with van der Waals surface area (Å²) in [5.74, 6) is 0. The van der Waals surface area contributed by atoms with Crippen molar-refractivity contribution in [2.45, 2.75) is 0 Å². The van der Waals surface area contributed by atoms with Gasteiger partial charge in [-0.25, -0.2) is 15.0 Å². The van der Waals surface area contributed by atoms with Gasteiger partial charge < -0.3 is 4.98 Å². The number of hydrogen-bond acceptors (Lipinski definition) is 3. The molecule has 62 valence electrons. The normalized spacial score (nSPS) is 11.1. The Labute approximate surface area is 74.0 Å². The number of imidazole rings is 2. The predicted molar refractivity (Wildman–Crippen MR) is 48.3 cm³/mol. The number of aromatic nitrogens is 4. The maximum absolute atomic E-state index is 4.18. The van der Waals surface area contributed by atoms with Crippen LogP contribution >= 0.6 is 0 Å². The first kappa shape index (κ1) is 6.54. The molecule has 4 heteroatoms. The third-order valence-electron chi connectivity index (χ3n) is 2.04. The standard InChI is InChI=1S/C9H6N4/c1-2-6-8(12-4-10-6)9-7(3-1)11-5-13-9/h1-5H,(H,10,12). The first-order valence-electron chi connectivity index (χ1n) is 3.98. The molecule has 0 atom stereocenters. The van der Waals surface area contributed by atoms with E-state index in [2.05, 4.69) is 19.9 Å². The Morgan fingerprint density at radius 2 is 2.08 bits per heavy atom. The summed E-state index contributed by atoms with van der Waals surface area (Å²) < 4.78 is 0. The highest BCUT2D eigenvalue weighted by Gasteiger charge is 2.08. The van der Waals surface area contributed by atoms with E-state index in [-0.39, 0.29) is 0 Å². The van der Waals surface area contributed by atoms with E-state index in [1.54, 1.807) is 12.7 Å². The summed E-state index contributed by atoms with van der Waals surface area (Å²) in [6.07, 6.45) is 3.23. The van der Waals surface area contributed by atoms with Gasteiger partial charge in [-0.05, 0) is 12.1 Å². The fourth-order valence-electron chi connectivity index (χ4n) is 1.44. The highest BCUT2D eigenvalue weighted by molar-refractivity contribution is 5.88. The van der Waals surface area contributed by atoms with Gasteiger partial charge >= 0.3 is 0 Å². The summed E-state index contributed by atoms with van der Waals surface area (Å²) >= 11 is 0. The van der Waals surface area contributed by atoms with Gasteiger partial charge in [-0.15, -0.1) is 0 Å². The van der Waals surface area contributed by atoms with Crippen molar-refractivity contribution >= 4 is 11.0 Å². The van der Waals surface area contributed by atoms with Gasteiger partial charge in [0.05, 0.1) is 23.1 Å². The van der Waals surface area contributed by atoms with Gasteiger partial charge in [0, 0.05) is 0 Å². The average Bonchev–Trinajstić information content (AvgIpc) is 2.72. The van der Waals surface area contributed by atoms with Crippen LogP contribution < -0.4 is 0 Å². The van der Waals surface area contributed by atoms with Gasteiger partial charge in [0.15, 0.2) is 0 Å². The lowest BCUT2D eigenvalue weighted by Gasteiger charge is -1.86. The summed E-state index contributed by atoms with van der Waals surface area (Å²) in [6, 6.07) is 5.80. The van der Waals surface area contributed by atoms with Gasteiger partial charge in [0.1, 0.15) is 12.0 Å². The van der Waals surface area contributed by atoms with Crippen LogP contribution in [0.15, 0.2) is 30.9 Å². The monoisotopic (exact) mass is 170 g/mol. The van der Waals surface area contributed by atoms with E-state index < -0.39 is 0 Å². The zero-order chi connectivity index (χ0) is 8.67. The molecule has 1 aliphatic carbocycles. The number of nitrogens with zero attached hydrogens (tertiary/aromatic N) is 3. The second-order valence-corrected chi connectivity index (χ2v) is 2.80. The van der Waals surface area contributed by atoms with E-state index in [1.165, 1.54) is 0 Å². The molecule has 2 aliphatic rings. The molecule has 1 aliphatic heterocycles. The molecule has 2 heterocycles. The molecule has 0 saturated heterocycles. The first-order chi connectivity index (χ1) is 6.45. The van der Waals surface area contributed by atoms with E-state index in [1.807, 2.05) is 18.2 Å². The van der Waals surface area contributed by atoms with E-state index in [0.29, 0.717) is 0 Å². The lowest BCUT2D eigenvalue weighted by atomic mass is 10.3. The van der Waals surface area contributed by atoms with Crippen molar-refractivity contribution in [2.75, 3.05) is 0 Å². The van der Waals surface area contributed by atoms with Crippen LogP contribution in [0.4, 0.5) is 0 Å². The number of aromatic amines is 1. The van der Waals surface area contributed by atoms with Crippen LogP contribution in [0.2, 0.25) is 0 Å². The lowest BCUT2D eigenvalue weighted by Crippen LogP contribution is -1.74. The minimum absolute atomic E-state index is 0.873. The molecule has 13 heavy (non-hydrogen) atoms. The van der Waals surface area contributed by atoms with E-state index in [4.69, 9.17) is 0 Å². The van der Waals surface area contributed by atoms with Gasteiger partial charge in [-0.1, -0.05) is 6.07 Å². The average molecular weight is 170 g/mol. The second kappa shape index (κ2) is 2.26. The summed E-state index contributed by atoms with van der Waals surface area (Å²) in [6.45, 7) is 0. The fourth-order valence-corrected chi connectivity index (χ4v) is 1.44. The Bertz CT molecular complexity index is 528. The van der Waals surface area contributed by atoms with E-state index in [9.17, 15) is 0 Å². The summed E-state index contributed by atoms with van der Waals surface area (Å²) in [4.78, 5) is 15.5. The third-order valence-corrected chi connectivity index (χ3v) is 2.04. The predicted octanol–water partition coefficient (Wildman–Crippen LogP) is 1.46. The van der Waals surface area contributed by atoms with Crippen molar-refractivity contribution in [2.24, 2.45) is 0 Å². The molecule has 3 rings (SSSR count). The quantitative estimate of drug-likeness (QED) is 0.555. The van der Waals surface area contributed by atoms with Crippen LogP contribution in [-0.2, 0) is 0 Å². The number of hydrogen-bond donors (Lipinski definition) is 1. The largest absolute Gasteiger partial charge is 0.343 e. The minimum Gasteiger partial charge on any atom is -0.343 e. The number of fused-ring (bicyclic) bond motifs is 3. The zero-order valence-corrected chi connectivity index (χ0v) is 6.73. The van der Waals surface area contributed by atoms with Gasteiger partial charge in [-0.2, -0.15) is 0 Å². The van der Waals surface area contributed by atoms with E-state index in [0.717, 1.165) is 22.4 Å². The van der Waals surface area contributed by atoms with Crippen molar-refractivity contribution in [1.29, 1.82) is 0 Å². The molecule has 4 nitrogen and oxygen atoms in total. The first-order valence-corrected chi connectivity index (χ1v) is 3.98. The Morgan fingerprint density at radius 1 is 1.08 bits per heavy atom. The molecule has 0 spiro atoms. The number of H-pyrrole nitrogens is 1. The SMILES string of the molecule is c1cc2ncnc-2c2[nH]cnc2c1. The van der Waals surface area contributed by atoms with Gasteiger partial charge in [0.2, 0.25) is 0 Å². The maximum atomic E-state index is 4.18. The Kier molecular flexibility index (Phi) is 1.14. The highest BCUT2D eigenvalue weighted by Crippen LogP contribution is 2.22. The molecule has 1 N–H and O–H groups in total. The molecule has 0 aromatic carbocycles. The van der Waals surface area contributed by atoms with Gasteiger partial charge in [-0.3, -0.25) is 0 Å². The van der Waals surface area contributed by atoms with Crippen molar-refractivity contribution in [1.82, 2.24) is 19.9 Å². The molecule has 1 aromatic rings. The van der Waals surface area contributed by atoms with E-state index >= 15 is 0 Å². The third kappa shape index (κ3) is 0.823. The molecule has 0 amide bonds. The molecule has 0 unspecified atom stereocenters. The maximum Gasteiger partial charge on any atom is 0.117 e. The van der Waals surface area contributed by atoms with Crippen LogP contribution in [0.3, 0.4) is 0 Å². The highest BCUT2D eigenvalue weighted by atomic mass is 14.9. The van der Waals surface area contributed by atoms with Gasteiger partial charge in [0.25, 0.3) is 0 Å². The molecule has 0 radical (unpaired) electrons. The van der Waals surface area contributed by atoms with Crippen molar-refractivity contribution in [3.8, 4) is 11.4 Å². The second-order valence-electron chi connectivity index (χ2n) is 2.80. The summed E-state index contributed by atoms with van der Waals surface area (Å²) in [5.41, 5.74) is 3.62.